The lowest BCUT2D eigenvalue weighted by Crippen LogP contribution is -2.49. The van der Waals surface area contributed by atoms with Crippen molar-refractivity contribution in [1.82, 2.24) is 9.78 Å². The van der Waals surface area contributed by atoms with Crippen LogP contribution in [0, 0.1) is 5.92 Å². The van der Waals surface area contributed by atoms with Crippen LogP contribution >= 0.6 is 0 Å². The molecule has 6 heteroatoms. The molecule has 0 aliphatic carbocycles. The molecule has 1 aliphatic rings. The summed E-state index contributed by atoms with van der Waals surface area (Å²) < 4.78 is 1.81. The minimum Gasteiger partial charge on any atom is -0.481 e. The molecule has 1 aliphatic heterocycles. The normalized spacial score (nSPS) is 26.1. The van der Waals surface area contributed by atoms with E-state index in [-0.39, 0.29) is 30.3 Å². The lowest BCUT2D eigenvalue weighted by Gasteiger charge is -2.42. The molecule has 0 spiro atoms. The highest BCUT2D eigenvalue weighted by Crippen LogP contribution is 2.38. The van der Waals surface area contributed by atoms with Crippen molar-refractivity contribution < 1.29 is 14.7 Å². The van der Waals surface area contributed by atoms with Gasteiger partial charge in [-0.15, -0.1) is 0 Å². The molecular weight excluding hydrogens is 246 g/mol. The Balaban J connectivity index is 2.32. The Bertz CT molecular complexity index is 497. The Morgan fingerprint density at radius 3 is 2.63 bits per heavy atom. The van der Waals surface area contributed by atoms with Crippen molar-refractivity contribution >= 4 is 17.7 Å². The number of aliphatic carboxylic acids is 1. The van der Waals surface area contributed by atoms with Gasteiger partial charge >= 0.3 is 5.97 Å². The monoisotopic (exact) mass is 265 g/mol. The number of hydrogen-bond acceptors (Lipinski definition) is 3. The summed E-state index contributed by atoms with van der Waals surface area (Å²) in [5.74, 6) is 0.0352. The SMILES string of the molecule is CC(=O)N1c2ccnn2C(C)C(CCC(=O)O)C1C. The average Bonchev–Trinajstić information content (AvgIpc) is 2.76. The maximum atomic E-state index is 11.8. The fourth-order valence-electron chi connectivity index (χ4n) is 3.02. The van der Waals surface area contributed by atoms with Crippen LogP contribution in [0.5, 0.6) is 0 Å². The van der Waals surface area contributed by atoms with E-state index in [1.807, 2.05) is 24.6 Å². The molecule has 0 fully saturated rings. The number of fused-ring (bicyclic) bond motifs is 1. The molecule has 0 bridgehead atoms. The molecule has 1 N–H and O–H groups in total. The number of carboxylic acid groups (broad SMARTS) is 1. The summed E-state index contributed by atoms with van der Waals surface area (Å²) in [6.07, 6.45) is 2.33. The van der Waals surface area contributed by atoms with Crippen molar-refractivity contribution in [2.45, 2.75) is 45.7 Å². The van der Waals surface area contributed by atoms with Gasteiger partial charge in [-0.05, 0) is 20.3 Å². The second-order valence-corrected chi connectivity index (χ2v) is 5.10. The molecule has 0 saturated heterocycles. The van der Waals surface area contributed by atoms with E-state index in [0.717, 1.165) is 5.82 Å². The van der Waals surface area contributed by atoms with Gasteiger partial charge in [-0.25, -0.2) is 4.68 Å². The van der Waals surface area contributed by atoms with E-state index in [1.54, 1.807) is 11.1 Å². The zero-order valence-corrected chi connectivity index (χ0v) is 11.4. The smallest absolute Gasteiger partial charge is 0.303 e. The predicted octanol–water partition coefficient (Wildman–Crippen LogP) is 1.68. The summed E-state index contributed by atoms with van der Waals surface area (Å²) in [5, 5.41) is 13.1. The number of anilines is 1. The number of carboxylic acids is 1. The third-order valence-corrected chi connectivity index (χ3v) is 3.96. The van der Waals surface area contributed by atoms with Crippen LogP contribution in [0.4, 0.5) is 5.82 Å². The van der Waals surface area contributed by atoms with Crippen molar-refractivity contribution in [3.8, 4) is 0 Å². The van der Waals surface area contributed by atoms with E-state index in [9.17, 15) is 9.59 Å². The summed E-state index contributed by atoms with van der Waals surface area (Å²) in [6.45, 7) is 5.52. The van der Waals surface area contributed by atoms with Crippen LogP contribution < -0.4 is 4.90 Å². The Labute approximate surface area is 112 Å². The van der Waals surface area contributed by atoms with Crippen molar-refractivity contribution in [2.75, 3.05) is 4.90 Å². The molecule has 0 saturated carbocycles. The minimum atomic E-state index is -0.806. The highest BCUT2D eigenvalue weighted by Gasteiger charge is 2.38. The van der Waals surface area contributed by atoms with Crippen molar-refractivity contribution in [2.24, 2.45) is 5.92 Å². The number of carbonyl (C=O) groups is 2. The first-order valence-electron chi connectivity index (χ1n) is 6.48. The summed E-state index contributed by atoms with van der Waals surface area (Å²) in [4.78, 5) is 24.3. The zero-order valence-electron chi connectivity index (χ0n) is 11.4. The highest BCUT2D eigenvalue weighted by atomic mass is 16.4. The highest BCUT2D eigenvalue weighted by molar-refractivity contribution is 5.91. The largest absolute Gasteiger partial charge is 0.481 e. The third kappa shape index (κ3) is 2.34. The van der Waals surface area contributed by atoms with Crippen LogP contribution in [-0.2, 0) is 9.59 Å². The first kappa shape index (κ1) is 13.6. The van der Waals surface area contributed by atoms with E-state index in [4.69, 9.17) is 5.11 Å². The van der Waals surface area contributed by atoms with Crippen molar-refractivity contribution in [3.05, 3.63) is 12.3 Å². The molecule has 1 aromatic heterocycles. The van der Waals surface area contributed by atoms with E-state index < -0.39 is 5.97 Å². The van der Waals surface area contributed by atoms with Gasteiger partial charge in [0.05, 0.1) is 12.2 Å². The van der Waals surface area contributed by atoms with Gasteiger partial charge in [0.2, 0.25) is 5.91 Å². The average molecular weight is 265 g/mol. The molecule has 2 heterocycles. The second-order valence-electron chi connectivity index (χ2n) is 5.10. The molecule has 19 heavy (non-hydrogen) atoms. The fraction of sp³-hybridized carbons (Fsp3) is 0.615. The number of rotatable bonds is 3. The number of nitrogens with zero attached hydrogens (tertiary/aromatic N) is 3. The lowest BCUT2D eigenvalue weighted by molar-refractivity contribution is -0.137. The maximum absolute atomic E-state index is 11.8. The first-order chi connectivity index (χ1) is 8.93. The third-order valence-electron chi connectivity index (χ3n) is 3.96. The van der Waals surface area contributed by atoms with Crippen molar-refractivity contribution in [3.63, 3.8) is 0 Å². The molecule has 6 nitrogen and oxygen atoms in total. The van der Waals surface area contributed by atoms with E-state index >= 15 is 0 Å². The van der Waals surface area contributed by atoms with Crippen molar-refractivity contribution in [1.29, 1.82) is 0 Å². The Hall–Kier alpha value is -1.85. The van der Waals surface area contributed by atoms with E-state index in [1.165, 1.54) is 6.92 Å². The quantitative estimate of drug-likeness (QED) is 0.902. The molecule has 0 aromatic carbocycles. The van der Waals surface area contributed by atoms with Crippen LogP contribution in [0.1, 0.15) is 39.7 Å². The molecular formula is C13H19N3O3. The van der Waals surface area contributed by atoms with Gasteiger partial charge in [0, 0.05) is 31.4 Å². The summed E-state index contributed by atoms with van der Waals surface area (Å²) in [7, 11) is 0. The number of carbonyl (C=O) groups excluding carboxylic acids is 1. The van der Waals surface area contributed by atoms with Crippen LogP contribution in [0.25, 0.3) is 0 Å². The maximum Gasteiger partial charge on any atom is 0.303 e. The number of hydrogen-bond donors (Lipinski definition) is 1. The zero-order chi connectivity index (χ0) is 14.2. The van der Waals surface area contributed by atoms with Gasteiger partial charge in [0.1, 0.15) is 5.82 Å². The van der Waals surface area contributed by atoms with Crippen LogP contribution in [0.3, 0.4) is 0 Å². The second kappa shape index (κ2) is 5.03. The molecule has 0 radical (unpaired) electrons. The Morgan fingerprint density at radius 2 is 2.05 bits per heavy atom. The van der Waals surface area contributed by atoms with Gasteiger partial charge in [-0.2, -0.15) is 5.10 Å². The first-order valence-corrected chi connectivity index (χ1v) is 6.48. The van der Waals surface area contributed by atoms with Gasteiger partial charge < -0.3 is 5.11 Å². The molecule has 1 aromatic rings. The number of amides is 1. The summed E-state index contributed by atoms with van der Waals surface area (Å²) in [6, 6.07) is 1.90. The Morgan fingerprint density at radius 1 is 1.37 bits per heavy atom. The Kier molecular flexibility index (Phi) is 3.59. The lowest BCUT2D eigenvalue weighted by atomic mass is 9.86. The van der Waals surface area contributed by atoms with E-state index in [0.29, 0.717) is 6.42 Å². The predicted molar refractivity (Wildman–Crippen MR) is 69.9 cm³/mol. The molecule has 3 atom stereocenters. The molecule has 2 rings (SSSR count). The fourth-order valence-corrected chi connectivity index (χ4v) is 3.02. The van der Waals surface area contributed by atoms with Crippen LogP contribution in [0.2, 0.25) is 0 Å². The summed E-state index contributed by atoms with van der Waals surface area (Å²) >= 11 is 0. The van der Waals surface area contributed by atoms with Gasteiger partial charge in [-0.3, -0.25) is 14.5 Å². The van der Waals surface area contributed by atoms with Gasteiger partial charge in [0.15, 0.2) is 0 Å². The molecule has 1 amide bonds. The minimum absolute atomic E-state index is 0.0175. The standard InChI is InChI=1S/C13H19N3O3/c1-8-11(4-5-13(18)19)9(2)16-12(6-7-14-16)15(8)10(3)17/h6-9,11H,4-5H2,1-3H3,(H,18,19). The van der Waals surface area contributed by atoms with Crippen LogP contribution in [0.15, 0.2) is 12.3 Å². The van der Waals surface area contributed by atoms with E-state index in [2.05, 4.69) is 5.10 Å². The summed E-state index contributed by atoms with van der Waals surface area (Å²) in [5.41, 5.74) is 0. The molecule has 104 valence electrons. The van der Waals surface area contributed by atoms with Crippen LogP contribution in [-0.4, -0.2) is 32.8 Å². The van der Waals surface area contributed by atoms with Gasteiger partial charge in [0.25, 0.3) is 0 Å². The molecule has 3 unspecified atom stereocenters. The topological polar surface area (TPSA) is 75.4 Å². The number of aromatic nitrogens is 2. The van der Waals surface area contributed by atoms with Gasteiger partial charge in [-0.1, -0.05) is 0 Å².